The molecule has 0 amide bonds. The molecule has 0 radical (unpaired) electrons. The lowest BCUT2D eigenvalue weighted by molar-refractivity contribution is 0.0599. The van der Waals surface area contributed by atoms with E-state index in [-0.39, 0.29) is 18.0 Å². The van der Waals surface area contributed by atoms with Crippen molar-refractivity contribution < 1.29 is 14.6 Å². The molecule has 1 rings (SSSR count). The third kappa shape index (κ3) is 4.13. The van der Waals surface area contributed by atoms with Crippen molar-refractivity contribution >= 4 is 5.97 Å². The van der Waals surface area contributed by atoms with Gasteiger partial charge in [0.25, 0.3) is 0 Å². The van der Waals surface area contributed by atoms with Crippen LogP contribution in [0.25, 0.3) is 0 Å². The number of aliphatic hydroxyl groups excluding tert-OH is 1. The Hall–Kier alpha value is -1.39. The van der Waals surface area contributed by atoms with Crippen LogP contribution in [0.4, 0.5) is 0 Å². The lowest BCUT2D eigenvalue weighted by Crippen LogP contribution is -2.30. The summed E-state index contributed by atoms with van der Waals surface area (Å²) in [6, 6.07) is 7.30. The number of benzene rings is 1. The lowest BCUT2D eigenvalue weighted by Gasteiger charge is -2.15. The molecule has 0 spiro atoms. The van der Waals surface area contributed by atoms with Crippen LogP contribution in [0.3, 0.4) is 0 Å². The molecule has 1 aromatic carbocycles. The summed E-state index contributed by atoms with van der Waals surface area (Å²) in [7, 11) is 1.37. The standard InChI is InChI=1S/C14H21NO3/c1-10(2)13(16)9-15-8-11-6-4-5-7-12(11)14(17)18-3/h4-7,10,13,15-16H,8-9H2,1-3H3. The zero-order valence-corrected chi connectivity index (χ0v) is 11.1. The zero-order chi connectivity index (χ0) is 13.5. The number of rotatable bonds is 6. The molecule has 100 valence electrons. The Kier molecular flexibility index (Phi) is 5.82. The van der Waals surface area contributed by atoms with E-state index >= 15 is 0 Å². The lowest BCUT2D eigenvalue weighted by atomic mass is 10.1. The van der Waals surface area contributed by atoms with Gasteiger partial charge in [0.15, 0.2) is 0 Å². The van der Waals surface area contributed by atoms with Crippen molar-refractivity contribution in [3.05, 3.63) is 35.4 Å². The molecule has 18 heavy (non-hydrogen) atoms. The maximum absolute atomic E-state index is 11.5. The first-order valence-electron chi connectivity index (χ1n) is 6.11. The predicted molar refractivity (Wildman–Crippen MR) is 70.3 cm³/mol. The summed E-state index contributed by atoms with van der Waals surface area (Å²) >= 11 is 0. The van der Waals surface area contributed by atoms with Crippen LogP contribution in [-0.2, 0) is 11.3 Å². The summed E-state index contributed by atoms with van der Waals surface area (Å²) in [5, 5.41) is 12.8. The smallest absolute Gasteiger partial charge is 0.338 e. The van der Waals surface area contributed by atoms with Gasteiger partial charge in [-0.2, -0.15) is 0 Å². The minimum absolute atomic E-state index is 0.216. The minimum atomic E-state index is -0.379. The monoisotopic (exact) mass is 251 g/mol. The molecule has 0 heterocycles. The van der Waals surface area contributed by atoms with Crippen LogP contribution < -0.4 is 5.32 Å². The normalized spacial score (nSPS) is 12.5. The Morgan fingerprint density at radius 2 is 2.06 bits per heavy atom. The first-order chi connectivity index (χ1) is 8.56. The van der Waals surface area contributed by atoms with E-state index in [0.717, 1.165) is 5.56 Å². The van der Waals surface area contributed by atoms with Gasteiger partial charge < -0.3 is 15.2 Å². The van der Waals surface area contributed by atoms with Gasteiger partial charge in [-0.05, 0) is 17.5 Å². The van der Waals surface area contributed by atoms with E-state index in [2.05, 4.69) is 5.32 Å². The van der Waals surface area contributed by atoms with E-state index in [9.17, 15) is 9.90 Å². The molecule has 4 nitrogen and oxygen atoms in total. The van der Waals surface area contributed by atoms with Crippen LogP contribution in [0.1, 0.15) is 29.8 Å². The van der Waals surface area contributed by atoms with E-state index in [1.54, 1.807) is 12.1 Å². The van der Waals surface area contributed by atoms with Crippen LogP contribution in [0.5, 0.6) is 0 Å². The average Bonchev–Trinajstić information content (AvgIpc) is 2.38. The van der Waals surface area contributed by atoms with E-state index < -0.39 is 0 Å². The van der Waals surface area contributed by atoms with Crippen molar-refractivity contribution in [2.24, 2.45) is 5.92 Å². The highest BCUT2D eigenvalue weighted by Crippen LogP contribution is 2.10. The first kappa shape index (κ1) is 14.7. The molecule has 0 saturated heterocycles. The zero-order valence-electron chi connectivity index (χ0n) is 11.1. The number of methoxy groups -OCH3 is 1. The maximum atomic E-state index is 11.5. The van der Waals surface area contributed by atoms with E-state index in [1.165, 1.54) is 7.11 Å². The molecule has 0 aliphatic rings. The molecule has 0 aliphatic carbocycles. The van der Waals surface area contributed by atoms with Crippen molar-refractivity contribution in [3.8, 4) is 0 Å². The first-order valence-corrected chi connectivity index (χ1v) is 6.11. The third-order valence-corrected chi connectivity index (χ3v) is 2.86. The van der Waals surface area contributed by atoms with E-state index in [1.807, 2.05) is 26.0 Å². The van der Waals surface area contributed by atoms with Gasteiger partial charge >= 0.3 is 5.97 Å². The van der Waals surface area contributed by atoms with Gasteiger partial charge in [-0.15, -0.1) is 0 Å². The van der Waals surface area contributed by atoms with Crippen LogP contribution in [0.15, 0.2) is 24.3 Å². The van der Waals surface area contributed by atoms with Crippen molar-refractivity contribution in [3.63, 3.8) is 0 Å². The van der Waals surface area contributed by atoms with Crippen LogP contribution in [-0.4, -0.2) is 30.8 Å². The van der Waals surface area contributed by atoms with Crippen molar-refractivity contribution in [2.75, 3.05) is 13.7 Å². The molecule has 0 fully saturated rings. The highest BCUT2D eigenvalue weighted by Gasteiger charge is 2.12. The fourth-order valence-corrected chi connectivity index (χ4v) is 1.57. The summed E-state index contributed by atoms with van der Waals surface area (Å²) in [5.41, 5.74) is 1.44. The van der Waals surface area contributed by atoms with Crippen molar-refractivity contribution in [2.45, 2.75) is 26.5 Å². The van der Waals surface area contributed by atoms with Gasteiger partial charge in [0.2, 0.25) is 0 Å². The minimum Gasteiger partial charge on any atom is -0.465 e. The Bertz CT molecular complexity index is 390. The SMILES string of the molecule is COC(=O)c1ccccc1CNCC(O)C(C)C. The van der Waals surface area contributed by atoms with Crippen LogP contribution in [0, 0.1) is 5.92 Å². The van der Waals surface area contributed by atoms with Gasteiger partial charge in [-0.3, -0.25) is 0 Å². The van der Waals surface area contributed by atoms with Gasteiger partial charge in [0.1, 0.15) is 0 Å². The van der Waals surface area contributed by atoms with Gasteiger partial charge in [-0.25, -0.2) is 4.79 Å². The number of carbonyl (C=O) groups is 1. The quantitative estimate of drug-likeness (QED) is 0.754. The second kappa shape index (κ2) is 7.13. The van der Waals surface area contributed by atoms with E-state index in [4.69, 9.17) is 4.74 Å². The Balaban J connectivity index is 2.59. The van der Waals surface area contributed by atoms with Crippen LogP contribution >= 0.6 is 0 Å². The van der Waals surface area contributed by atoms with Gasteiger partial charge in [-0.1, -0.05) is 32.0 Å². The molecule has 4 heteroatoms. The van der Waals surface area contributed by atoms with E-state index in [0.29, 0.717) is 18.7 Å². The summed E-state index contributed by atoms with van der Waals surface area (Å²) in [6.07, 6.45) is -0.379. The molecule has 1 aromatic rings. The number of aliphatic hydroxyl groups is 1. The summed E-state index contributed by atoms with van der Waals surface area (Å²) in [5.74, 6) is -0.120. The Labute approximate surface area is 108 Å². The maximum Gasteiger partial charge on any atom is 0.338 e. The van der Waals surface area contributed by atoms with Gasteiger partial charge in [0, 0.05) is 13.1 Å². The van der Waals surface area contributed by atoms with Crippen molar-refractivity contribution in [1.82, 2.24) is 5.32 Å². The van der Waals surface area contributed by atoms with Crippen molar-refractivity contribution in [1.29, 1.82) is 0 Å². The number of ether oxygens (including phenoxy) is 1. The molecular formula is C14H21NO3. The summed E-state index contributed by atoms with van der Waals surface area (Å²) in [6.45, 7) is 4.98. The van der Waals surface area contributed by atoms with Crippen LogP contribution in [0.2, 0.25) is 0 Å². The fourth-order valence-electron chi connectivity index (χ4n) is 1.57. The summed E-state index contributed by atoms with van der Waals surface area (Å²) in [4.78, 5) is 11.5. The topological polar surface area (TPSA) is 58.6 Å². The highest BCUT2D eigenvalue weighted by atomic mass is 16.5. The fraction of sp³-hybridized carbons (Fsp3) is 0.500. The summed E-state index contributed by atoms with van der Waals surface area (Å²) < 4.78 is 4.73. The Morgan fingerprint density at radius 1 is 1.39 bits per heavy atom. The number of esters is 1. The number of nitrogens with one attached hydrogen (secondary N) is 1. The second-order valence-electron chi connectivity index (χ2n) is 4.59. The predicted octanol–water partition coefficient (Wildman–Crippen LogP) is 1.58. The molecular weight excluding hydrogens is 230 g/mol. The third-order valence-electron chi connectivity index (χ3n) is 2.86. The second-order valence-corrected chi connectivity index (χ2v) is 4.59. The number of carbonyl (C=O) groups excluding carboxylic acids is 1. The number of hydrogen-bond acceptors (Lipinski definition) is 4. The number of hydrogen-bond donors (Lipinski definition) is 2. The molecule has 1 atom stereocenters. The average molecular weight is 251 g/mol. The van der Waals surface area contributed by atoms with Gasteiger partial charge in [0.05, 0.1) is 18.8 Å². The molecule has 2 N–H and O–H groups in total. The molecule has 0 saturated carbocycles. The molecule has 1 unspecified atom stereocenters. The highest BCUT2D eigenvalue weighted by molar-refractivity contribution is 5.90. The molecule has 0 aromatic heterocycles. The molecule has 0 bridgehead atoms. The largest absolute Gasteiger partial charge is 0.465 e. The Morgan fingerprint density at radius 3 is 2.67 bits per heavy atom. The molecule has 0 aliphatic heterocycles.